The van der Waals surface area contributed by atoms with Gasteiger partial charge in [0.1, 0.15) is 0 Å². The predicted molar refractivity (Wildman–Crippen MR) is 63.3 cm³/mol. The third-order valence-corrected chi connectivity index (χ3v) is 2.80. The summed E-state index contributed by atoms with van der Waals surface area (Å²) in [5, 5.41) is 0. The second-order valence-corrected chi connectivity index (χ2v) is 4.42. The molecule has 0 bridgehead atoms. The summed E-state index contributed by atoms with van der Waals surface area (Å²) >= 11 is 0. The van der Waals surface area contributed by atoms with Crippen molar-refractivity contribution in [2.45, 2.75) is 39.0 Å². The third-order valence-electron chi connectivity index (χ3n) is 2.80. The van der Waals surface area contributed by atoms with E-state index in [9.17, 15) is 9.59 Å². The molecule has 4 nitrogen and oxygen atoms in total. The van der Waals surface area contributed by atoms with Gasteiger partial charge in [-0.05, 0) is 19.8 Å². The highest BCUT2D eigenvalue weighted by molar-refractivity contribution is 5.86. The number of carbonyl (C=O) groups excluding carboxylic acids is 2. The quantitative estimate of drug-likeness (QED) is 0.406. The summed E-state index contributed by atoms with van der Waals surface area (Å²) in [5.74, 6) is -0.409. The topological polar surface area (TPSA) is 52.6 Å². The summed E-state index contributed by atoms with van der Waals surface area (Å²) in [6.07, 6.45) is 4.68. The molecule has 1 aliphatic carbocycles. The molecule has 0 radical (unpaired) electrons. The Morgan fingerprint density at radius 1 is 1.18 bits per heavy atom. The molecule has 0 atom stereocenters. The second kappa shape index (κ2) is 7.09. The fourth-order valence-electron chi connectivity index (χ4n) is 1.80. The Morgan fingerprint density at radius 2 is 1.76 bits per heavy atom. The van der Waals surface area contributed by atoms with Crippen LogP contribution >= 0.6 is 0 Å². The molecule has 17 heavy (non-hydrogen) atoms. The zero-order chi connectivity index (χ0) is 12.7. The number of esters is 2. The Kier molecular flexibility index (Phi) is 5.73. The maximum Gasteiger partial charge on any atom is 0.333 e. The molecule has 0 spiro atoms. The molecule has 0 heterocycles. The van der Waals surface area contributed by atoms with Gasteiger partial charge in [-0.15, -0.1) is 0 Å². The first-order valence-electron chi connectivity index (χ1n) is 6.10. The van der Waals surface area contributed by atoms with Crippen molar-refractivity contribution in [2.75, 3.05) is 13.2 Å². The van der Waals surface area contributed by atoms with Crippen LogP contribution < -0.4 is 0 Å². The summed E-state index contributed by atoms with van der Waals surface area (Å²) < 4.78 is 10.00. The lowest BCUT2D eigenvalue weighted by atomic mass is 10.1. The summed E-state index contributed by atoms with van der Waals surface area (Å²) in [6.45, 7) is 5.66. The van der Waals surface area contributed by atoms with E-state index >= 15 is 0 Å². The van der Waals surface area contributed by atoms with Crippen LogP contribution in [-0.2, 0) is 19.1 Å². The molecule has 0 unspecified atom stereocenters. The molecule has 1 fully saturated rings. The van der Waals surface area contributed by atoms with Gasteiger partial charge in [-0.25, -0.2) is 4.79 Å². The highest BCUT2D eigenvalue weighted by Crippen LogP contribution is 2.25. The lowest BCUT2D eigenvalue weighted by Crippen LogP contribution is -2.16. The van der Waals surface area contributed by atoms with E-state index in [2.05, 4.69) is 6.58 Å². The Bertz CT molecular complexity index is 290. The first-order chi connectivity index (χ1) is 8.11. The molecule has 1 rings (SSSR count). The van der Waals surface area contributed by atoms with Crippen molar-refractivity contribution >= 4 is 11.9 Å². The number of hydrogen-bond donors (Lipinski definition) is 0. The molecule has 0 amide bonds. The van der Waals surface area contributed by atoms with E-state index in [0.717, 1.165) is 25.7 Å². The van der Waals surface area contributed by atoms with E-state index in [4.69, 9.17) is 9.47 Å². The van der Waals surface area contributed by atoms with Gasteiger partial charge in [0.2, 0.25) is 0 Å². The van der Waals surface area contributed by atoms with E-state index in [1.807, 2.05) is 0 Å². The summed E-state index contributed by atoms with van der Waals surface area (Å²) in [6, 6.07) is 0. The first-order valence-corrected chi connectivity index (χ1v) is 6.10. The first kappa shape index (κ1) is 13.7. The molecule has 1 saturated carbocycles. The fourth-order valence-corrected chi connectivity index (χ4v) is 1.80. The van der Waals surface area contributed by atoms with E-state index in [1.54, 1.807) is 6.92 Å². The molecule has 1 aliphatic rings. The molecule has 0 aliphatic heterocycles. The average molecular weight is 240 g/mol. The highest BCUT2D eigenvalue weighted by Gasteiger charge is 2.23. The lowest BCUT2D eigenvalue weighted by molar-refractivity contribution is -0.149. The molecule has 0 aromatic rings. The molecule has 0 N–H and O–H groups in total. The number of hydrogen-bond acceptors (Lipinski definition) is 4. The normalized spacial score (nSPS) is 15.6. The molecule has 0 saturated heterocycles. The van der Waals surface area contributed by atoms with E-state index in [-0.39, 0.29) is 18.5 Å². The molecule has 4 heteroatoms. The fraction of sp³-hybridized carbons (Fsp3) is 0.692. The van der Waals surface area contributed by atoms with E-state index < -0.39 is 5.97 Å². The Labute approximate surface area is 102 Å². The van der Waals surface area contributed by atoms with E-state index in [1.165, 1.54) is 0 Å². The van der Waals surface area contributed by atoms with Gasteiger partial charge in [0.25, 0.3) is 0 Å². The van der Waals surface area contributed by atoms with Crippen LogP contribution in [0.25, 0.3) is 0 Å². The highest BCUT2D eigenvalue weighted by atomic mass is 16.5. The van der Waals surface area contributed by atoms with Crippen LogP contribution in [0.3, 0.4) is 0 Å². The van der Waals surface area contributed by atoms with Crippen molar-refractivity contribution in [1.82, 2.24) is 0 Å². The maximum absolute atomic E-state index is 11.5. The van der Waals surface area contributed by atoms with Gasteiger partial charge in [-0.1, -0.05) is 19.4 Å². The number of rotatable bonds is 6. The van der Waals surface area contributed by atoms with Crippen LogP contribution in [0.5, 0.6) is 0 Å². The van der Waals surface area contributed by atoms with Crippen LogP contribution in [-0.4, -0.2) is 25.2 Å². The maximum atomic E-state index is 11.5. The number of carbonyl (C=O) groups is 2. The van der Waals surface area contributed by atoms with Crippen LogP contribution in [0.1, 0.15) is 39.0 Å². The van der Waals surface area contributed by atoms with Crippen molar-refractivity contribution in [3.63, 3.8) is 0 Å². The van der Waals surface area contributed by atoms with Gasteiger partial charge < -0.3 is 9.47 Å². The Hall–Kier alpha value is -1.32. The predicted octanol–water partition coefficient (Wildman–Crippen LogP) is 2.23. The van der Waals surface area contributed by atoms with Gasteiger partial charge in [-0.2, -0.15) is 0 Å². The molecular weight excluding hydrogens is 220 g/mol. The van der Waals surface area contributed by atoms with Crippen LogP contribution in [0.15, 0.2) is 12.2 Å². The van der Waals surface area contributed by atoms with Crippen molar-refractivity contribution < 1.29 is 19.1 Å². The zero-order valence-corrected chi connectivity index (χ0v) is 10.4. The van der Waals surface area contributed by atoms with E-state index in [0.29, 0.717) is 18.6 Å². The minimum atomic E-state index is -0.396. The Morgan fingerprint density at radius 3 is 2.35 bits per heavy atom. The second-order valence-electron chi connectivity index (χ2n) is 4.42. The molecular formula is C13H20O4. The molecule has 96 valence electrons. The van der Waals surface area contributed by atoms with Gasteiger partial charge in [-0.3, -0.25) is 4.79 Å². The minimum Gasteiger partial charge on any atom is -0.465 e. The van der Waals surface area contributed by atoms with Crippen molar-refractivity contribution in [3.05, 3.63) is 12.2 Å². The van der Waals surface area contributed by atoms with Gasteiger partial charge in [0.05, 0.1) is 19.1 Å². The van der Waals surface area contributed by atoms with Crippen LogP contribution in [0.4, 0.5) is 0 Å². The summed E-state index contributed by atoms with van der Waals surface area (Å²) in [5.41, 5.74) is 0.382. The van der Waals surface area contributed by atoms with Crippen molar-refractivity contribution in [3.8, 4) is 0 Å². The molecule has 0 aromatic heterocycles. The summed E-state index contributed by atoms with van der Waals surface area (Å²) in [4.78, 5) is 22.5. The van der Waals surface area contributed by atoms with Gasteiger partial charge in [0, 0.05) is 12.0 Å². The van der Waals surface area contributed by atoms with Gasteiger partial charge >= 0.3 is 11.9 Å². The smallest absolute Gasteiger partial charge is 0.333 e. The zero-order valence-electron chi connectivity index (χ0n) is 10.4. The van der Waals surface area contributed by atoms with Crippen LogP contribution in [0.2, 0.25) is 0 Å². The lowest BCUT2D eigenvalue weighted by Gasteiger charge is -2.09. The van der Waals surface area contributed by atoms with Gasteiger partial charge in [0.15, 0.2) is 0 Å². The SMILES string of the molecule is C=C(C)C(=O)OCCCOC(=O)C1CCCC1. The molecule has 0 aromatic carbocycles. The van der Waals surface area contributed by atoms with Crippen LogP contribution in [0, 0.1) is 5.92 Å². The van der Waals surface area contributed by atoms with Crippen molar-refractivity contribution in [2.24, 2.45) is 5.92 Å². The standard InChI is InChI=1S/C13H20O4/c1-10(2)12(14)16-8-5-9-17-13(15)11-6-3-4-7-11/h11H,1,3-9H2,2H3. The summed E-state index contributed by atoms with van der Waals surface area (Å²) in [7, 11) is 0. The average Bonchev–Trinajstić information content (AvgIpc) is 2.81. The monoisotopic (exact) mass is 240 g/mol. The minimum absolute atomic E-state index is 0.0907. The van der Waals surface area contributed by atoms with Crippen molar-refractivity contribution in [1.29, 1.82) is 0 Å². The third kappa shape index (κ3) is 5.02. The number of ether oxygens (including phenoxy) is 2. The Balaban J connectivity index is 2.02. The largest absolute Gasteiger partial charge is 0.465 e.